The van der Waals surface area contributed by atoms with Gasteiger partial charge in [-0.1, -0.05) is 12.1 Å². The number of benzene rings is 1. The molecule has 0 atom stereocenters. The molecule has 32 heavy (non-hydrogen) atoms. The largest absolute Gasteiger partial charge is 0.479 e. The molecule has 2 aliphatic heterocycles. The van der Waals surface area contributed by atoms with Crippen molar-refractivity contribution in [3.8, 4) is 0 Å². The number of hydrogen-bond donors (Lipinski definition) is 2. The molecule has 3 amide bonds. The molecule has 2 heterocycles. The molecule has 0 saturated carbocycles. The van der Waals surface area contributed by atoms with Crippen molar-refractivity contribution < 1.29 is 38.9 Å². The smallest absolute Gasteiger partial charge is 0.410 e. The van der Waals surface area contributed by atoms with Crippen molar-refractivity contribution in [2.24, 2.45) is 0 Å². The zero-order valence-corrected chi connectivity index (χ0v) is 18.0. The van der Waals surface area contributed by atoms with E-state index in [1.54, 1.807) is 32.9 Å². The predicted octanol–water partition coefficient (Wildman–Crippen LogP) is 0.743. The van der Waals surface area contributed by atoms with Crippen molar-refractivity contribution in [3.05, 3.63) is 35.4 Å². The molecule has 1 aromatic rings. The van der Waals surface area contributed by atoms with Crippen LogP contribution in [0.1, 0.15) is 41.5 Å². The second-order valence-electron chi connectivity index (χ2n) is 8.67. The summed E-state index contributed by atoms with van der Waals surface area (Å²) in [6.45, 7) is 4.13. The van der Waals surface area contributed by atoms with Crippen LogP contribution in [0.3, 0.4) is 0 Å². The van der Waals surface area contributed by atoms with Gasteiger partial charge in [0.05, 0.1) is 17.7 Å². The molecule has 0 aromatic heterocycles. The number of fused-ring (bicyclic) bond motifs is 1. The number of aliphatic carboxylic acids is 2. The first-order chi connectivity index (χ1) is 14.9. The number of ether oxygens (including phenoxy) is 1. The topological polar surface area (TPSA) is 145 Å². The minimum absolute atomic E-state index is 0.0271. The number of carboxylic acids is 2. The maximum Gasteiger partial charge on any atom is 0.410 e. The first-order valence-corrected chi connectivity index (χ1v) is 10.0. The number of carboxylic acid groups (broad SMARTS) is 2. The third-order valence-electron chi connectivity index (χ3n) is 5.44. The van der Waals surface area contributed by atoms with Gasteiger partial charge in [0.25, 0.3) is 11.8 Å². The zero-order chi connectivity index (χ0) is 23.8. The SMILES string of the molecule is CC(C)(C)OC(=O)N1CCN(C(CN2C(=O)c3ccccc3C2=O)(C(=O)O)C(=O)O)CC1. The summed E-state index contributed by atoms with van der Waals surface area (Å²) in [7, 11) is 0. The molecule has 11 nitrogen and oxygen atoms in total. The molecule has 0 aliphatic carbocycles. The Labute approximate surface area is 184 Å². The molecule has 172 valence electrons. The lowest BCUT2D eigenvalue weighted by atomic mass is 9.95. The average molecular weight is 447 g/mol. The summed E-state index contributed by atoms with van der Waals surface area (Å²) in [4.78, 5) is 65.4. The number of rotatable bonds is 5. The van der Waals surface area contributed by atoms with E-state index in [4.69, 9.17) is 4.74 Å². The molecule has 0 spiro atoms. The number of hydrogen-bond acceptors (Lipinski definition) is 7. The maximum atomic E-state index is 12.7. The van der Waals surface area contributed by atoms with Gasteiger partial charge in [-0.25, -0.2) is 14.4 Å². The summed E-state index contributed by atoms with van der Waals surface area (Å²) in [5.74, 6) is -4.89. The maximum absolute atomic E-state index is 12.7. The monoisotopic (exact) mass is 447 g/mol. The molecule has 0 radical (unpaired) electrons. The second-order valence-corrected chi connectivity index (χ2v) is 8.67. The van der Waals surface area contributed by atoms with Crippen molar-refractivity contribution in [2.75, 3.05) is 32.7 Å². The van der Waals surface area contributed by atoms with E-state index in [0.29, 0.717) is 4.90 Å². The Morgan fingerprint density at radius 1 is 0.906 bits per heavy atom. The van der Waals surface area contributed by atoms with Gasteiger partial charge in [-0.05, 0) is 32.9 Å². The van der Waals surface area contributed by atoms with Crippen molar-refractivity contribution in [2.45, 2.75) is 31.9 Å². The molecule has 0 bridgehead atoms. The van der Waals surface area contributed by atoms with Crippen LogP contribution in [0.2, 0.25) is 0 Å². The van der Waals surface area contributed by atoms with Crippen LogP contribution in [-0.4, -0.2) is 98.6 Å². The van der Waals surface area contributed by atoms with E-state index in [1.807, 2.05) is 0 Å². The number of imide groups is 1. The minimum Gasteiger partial charge on any atom is -0.479 e. The molecule has 1 aromatic carbocycles. The highest BCUT2D eigenvalue weighted by atomic mass is 16.6. The Hall–Kier alpha value is -3.47. The Balaban J connectivity index is 1.83. The van der Waals surface area contributed by atoms with Gasteiger partial charge in [0.2, 0.25) is 5.54 Å². The van der Waals surface area contributed by atoms with Gasteiger partial charge < -0.3 is 19.8 Å². The lowest BCUT2D eigenvalue weighted by Gasteiger charge is -2.43. The lowest BCUT2D eigenvalue weighted by molar-refractivity contribution is -0.170. The van der Waals surface area contributed by atoms with E-state index in [0.717, 1.165) is 0 Å². The predicted molar refractivity (Wildman–Crippen MR) is 109 cm³/mol. The van der Waals surface area contributed by atoms with Crippen LogP contribution >= 0.6 is 0 Å². The van der Waals surface area contributed by atoms with Crippen LogP contribution in [0.25, 0.3) is 0 Å². The summed E-state index contributed by atoms with van der Waals surface area (Å²) >= 11 is 0. The average Bonchev–Trinajstić information content (AvgIpc) is 2.95. The number of carbonyl (C=O) groups excluding carboxylic acids is 3. The summed E-state index contributed by atoms with van der Waals surface area (Å²) in [6.07, 6.45) is -0.589. The highest BCUT2D eigenvalue weighted by molar-refractivity contribution is 6.22. The van der Waals surface area contributed by atoms with Gasteiger partial charge in [0.15, 0.2) is 0 Å². The van der Waals surface area contributed by atoms with E-state index in [2.05, 4.69) is 0 Å². The quantitative estimate of drug-likeness (QED) is 0.493. The molecule has 2 N–H and O–H groups in total. The summed E-state index contributed by atoms with van der Waals surface area (Å²) in [6, 6.07) is 5.98. The lowest BCUT2D eigenvalue weighted by Crippen LogP contribution is -2.69. The van der Waals surface area contributed by atoms with Gasteiger partial charge in [-0.3, -0.25) is 19.4 Å². The third-order valence-corrected chi connectivity index (χ3v) is 5.44. The molecule has 0 unspecified atom stereocenters. The fourth-order valence-corrected chi connectivity index (χ4v) is 3.81. The Kier molecular flexibility index (Phi) is 5.96. The number of nitrogens with zero attached hydrogens (tertiary/aromatic N) is 3. The van der Waals surface area contributed by atoms with E-state index in [-0.39, 0.29) is 37.3 Å². The molecular formula is C21H25N3O8. The van der Waals surface area contributed by atoms with Gasteiger partial charge >= 0.3 is 18.0 Å². The molecular weight excluding hydrogens is 422 g/mol. The van der Waals surface area contributed by atoms with Gasteiger partial charge in [0, 0.05) is 26.2 Å². The first-order valence-electron chi connectivity index (χ1n) is 10.0. The van der Waals surface area contributed by atoms with Crippen LogP contribution in [0.4, 0.5) is 4.79 Å². The van der Waals surface area contributed by atoms with Gasteiger partial charge in [0.1, 0.15) is 5.60 Å². The van der Waals surface area contributed by atoms with Crippen LogP contribution in [0, 0.1) is 0 Å². The van der Waals surface area contributed by atoms with Gasteiger partial charge in [-0.2, -0.15) is 0 Å². The Morgan fingerprint density at radius 2 is 1.38 bits per heavy atom. The minimum atomic E-state index is -2.56. The second kappa shape index (κ2) is 8.23. The zero-order valence-electron chi connectivity index (χ0n) is 18.0. The molecule has 11 heteroatoms. The van der Waals surface area contributed by atoms with E-state index >= 15 is 0 Å². The fraction of sp³-hybridized carbons (Fsp3) is 0.476. The molecule has 1 fully saturated rings. The third kappa shape index (κ3) is 4.03. The standard InChI is InChI=1S/C21H25N3O8/c1-20(2,3)32-19(31)22-8-10-23(11-9-22)21(17(27)28,18(29)30)12-24-15(25)13-6-4-5-7-14(13)16(24)26/h4-7H,8-12H2,1-3H3,(H,27,28)(H,29,30). The van der Waals surface area contributed by atoms with Crippen molar-refractivity contribution in [1.82, 2.24) is 14.7 Å². The van der Waals surface area contributed by atoms with Crippen molar-refractivity contribution in [3.63, 3.8) is 0 Å². The number of amides is 3. The van der Waals surface area contributed by atoms with E-state index in [9.17, 15) is 34.2 Å². The van der Waals surface area contributed by atoms with E-state index < -0.39 is 47.5 Å². The number of carbonyl (C=O) groups is 5. The first kappa shape index (κ1) is 23.2. The van der Waals surface area contributed by atoms with Crippen LogP contribution < -0.4 is 0 Å². The van der Waals surface area contributed by atoms with Crippen LogP contribution in [-0.2, 0) is 14.3 Å². The highest BCUT2D eigenvalue weighted by Gasteiger charge is 2.56. The fourth-order valence-electron chi connectivity index (χ4n) is 3.81. The number of piperazine rings is 1. The summed E-state index contributed by atoms with van der Waals surface area (Å²) in [5, 5.41) is 19.9. The molecule has 3 rings (SSSR count). The summed E-state index contributed by atoms with van der Waals surface area (Å²) < 4.78 is 5.30. The molecule has 2 aliphatic rings. The van der Waals surface area contributed by atoms with Crippen molar-refractivity contribution in [1.29, 1.82) is 0 Å². The Bertz CT molecular complexity index is 927. The van der Waals surface area contributed by atoms with E-state index in [1.165, 1.54) is 21.9 Å². The Morgan fingerprint density at radius 3 is 1.78 bits per heavy atom. The van der Waals surface area contributed by atoms with Gasteiger partial charge in [-0.15, -0.1) is 0 Å². The van der Waals surface area contributed by atoms with Crippen LogP contribution in [0.15, 0.2) is 24.3 Å². The van der Waals surface area contributed by atoms with Crippen molar-refractivity contribution >= 4 is 29.8 Å². The highest BCUT2D eigenvalue weighted by Crippen LogP contribution is 2.28. The summed E-state index contributed by atoms with van der Waals surface area (Å²) in [5.41, 5.74) is -3.09. The van der Waals surface area contributed by atoms with Crippen LogP contribution in [0.5, 0.6) is 0 Å². The normalized spacial score (nSPS) is 17.3. The molecule has 1 saturated heterocycles.